The fourth-order valence-corrected chi connectivity index (χ4v) is 1.31. The topological polar surface area (TPSA) is 94.0 Å². The van der Waals surface area contributed by atoms with E-state index in [0.717, 1.165) is 0 Å². The lowest BCUT2D eigenvalue weighted by Gasteiger charge is -2.02. The van der Waals surface area contributed by atoms with Gasteiger partial charge in [-0.1, -0.05) is 5.16 Å². The van der Waals surface area contributed by atoms with E-state index in [-0.39, 0.29) is 5.91 Å². The molecule has 0 aliphatic heterocycles. The predicted octanol–water partition coefficient (Wildman–Crippen LogP) is 0.890. The summed E-state index contributed by atoms with van der Waals surface area (Å²) in [6.45, 7) is 2.11. The van der Waals surface area contributed by atoms with Crippen LogP contribution in [0.4, 0.5) is 5.82 Å². The minimum atomic E-state index is -0.224. The summed E-state index contributed by atoms with van der Waals surface area (Å²) in [4.78, 5) is 15.5. The third-order valence-electron chi connectivity index (χ3n) is 2.16. The first-order chi connectivity index (χ1) is 8.15. The lowest BCUT2D eigenvalue weighted by atomic mass is 10.2. The van der Waals surface area contributed by atoms with Crippen LogP contribution in [-0.2, 0) is 6.54 Å². The first kappa shape index (κ1) is 11.1. The van der Waals surface area contributed by atoms with Crippen LogP contribution in [0.25, 0.3) is 0 Å². The minimum Gasteiger partial charge on any atom is -0.384 e. The van der Waals surface area contributed by atoms with E-state index in [2.05, 4.69) is 15.5 Å². The number of nitrogens with one attached hydrogen (secondary N) is 1. The number of nitrogens with zero attached hydrogens (tertiary/aromatic N) is 2. The number of carbonyl (C=O) groups excluding carboxylic acids is 1. The molecule has 2 heterocycles. The van der Waals surface area contributed by atoms with Crippen molar-refractivity contribution >= 4 is 11.7 Å². The van der Waals surface area contributed by atoms with Gasteiger partial charge in [-0.25, -0.2) is 4.98 Å². The molecule has 0 saturated heterocycles. The van der Waals surface area contributed by atoms with Crippen molar-refractivity contribution in [2.45, 2.75) is 13.5 Å². The molecule has 6 heteroatoms. The number of hydrogen-bond acceptors (Lipinski definition) is 5. The summed E-state index contributed by atoms with van der Waals surface area (Å²) < 4.78 is 4.89. The van der Waals surface area contributed by atoms with Gasteiger partial charge in [0.15, 0.2) is 0 Å². The van der Waals surface area contributed by atoms with Crippen LogP contribution in [0, 0.1) is 6.92 Å². The van der Waals surface area contributed by atoms with Gasteiger partial charge >= 0.3 is 0 Å². The number of anilines is 1. The van der Waals surface area contributed by atoms with Crippen LogP contribution < -0.4 is 11.1 Å². The molecule has 0 spiro atoms. The van der Waals surface area contributed by atoms with Gasteiger partial charge in [0, 0.05) is 12.3 Å². The largest absolute Gasteiger partial charge is 0.384 e. The number of aromatic nitrogens is 2. The van der Waals surface area contributed by atoms with E-state index in [1.807, 2.05) is 0 Å². The van der Waals surface area contributed by atoms with Gasteiger partial charge in [-0.2, -0.15) is 0 Å². The molecule has 3 N–H and O–H groups in total. The van der Waals surface area contributed by atoms with E-state index in [9.17, 15) is 4.79 Å². The first-order valence-corrected chi connectivity index (χ1v) is 5.07. The van der Waals surface area contributed by atoms with Gasteiger partial charge in [0.25, 0.3) is 5.91 Å². The summed E-state index contributed by atoms with van der Waals surface area (Å²) in [6, 6.07) is 4.96. The van der Waals surface area contributed by atoms with Crippen LogP contribution in [0.3, 0.4) is 0 Å². The summed E-state index contributed by atoms with van der Waals surface area (Å²) in [5, 5.41) is 6.48. The second-order valence-corrected chi connectivity index (χ2v) is 3.58. The highest BCUT2D eigenvalue weighted by Crippen LogP contribution is 2.03. The van der Waals surface area contributed by atoms with Crippen LogP contribution in [0.2, 0.25) is 0 Å². The summed E-state index contributed by atoms with van der Waals surface area (Å²) in [5.74, 6) is 0.871. The van der Waals surface area contributed by atoms with Crippen molar-refractivity contribution in [3.8, 4) is 0 Å². The average molecular weight is 232 g/mol. The number of hydrogen-bond donors (Lipinski definition) is 2. The highest BCUT2D eigenvalue weighted by molar-refractivity contribution is 5.93. The monoisotopic (exact) mass is 232 g/mol. The normalized spacial score (nSPS) is 10.2. The van der Waals surface area contributed by atoms with Crippen molar-refractivity contribution in [3.05, 3.63) is 41.4 Å². The number of nitrogen functional groups attached to an aromatic ring is 1. The molecule has 6 nitrogen and oxygen atoms in total. The second-order valence-electron chi connectivity index (χ2n) is 3.58. The third kappa shape index (κ3) is 2.81. The highest BCUT2D eigenvalue weighted by atomic mass is 16.5. The molecule has 0 bridgehead atoms. The maximum Gasteiger partial charge on any atom is 0.253 e. The number of aryl methyl sites for hydroxylation is 1. The van der Waals surface area contributed by atoms with Gasteiger partial charge in [0.1, 0.15) is 17.3 Å². The minimum absolute atomic E-state index is 0.224. The number of pyridine rings is 1. The molecular formula is C11H12N4O2. The maximum atomic E-state index is 11.7. The molecule has 0 radical (unpaired) electrons. The zero-order valence-corrected chi connectivity index (χ0v) is 9.30. The van der Waals surface area contributed by atoms with Gasteiger partial charge in [-0.3, -0.25) is 4.79 Å². The fourth-order valence-electron chi connectivity index (χ4n) is 1.31. The Hall–Kier alpha value is -2.37. The lowest BCUT2D eigenvalue weighted by molar-refractivity contribution is 0.0950. The van der Waals surface area contributed by atoms with E-state index in [0.29, 0.717) is 29.4 Å². The van der Waals surface area contributed by atoms with Crippen molar-refractivity contribution < 1.29 is 9.32 Å². The molecule has 2 rings (SSSR count). The number of carbonyl (C=O) groups is 1. The molecule has 0 saturated carbocycles. The molecule has 0 fully saturated rings. The highest BCUT2D eigenvalue weighted by Gasteiger charge is 2.07. The molecule has 88 valence electrons. The molecule has 1 amide bonds. The van der Waals surface area contributed by atoms with Gasteiger partial charge in [0.2, 0.25) is 0 Å². The van der Waals surface area contributed by atoms with Crippen molar-refractivity contribution in [2.75, 3.05) is 5.73 Å². The number of nitrogens with two attached hydrogens (primary N) is 1. The van der Waals surface area contributed by atoms with Crippen molar-refractivity contribution in [1.29, 1.82) is 0 Å². The van der Waals surface area contributed by atoms with Crippen LogP contribution in [0.15, 0.2) is 28.9 Å². The van der Waals surface area contributed by atoms with E-state index >= 15 is 0 Å². The van der Waals surface area contributed by atoms with E-state index in [4.69, 9.17) is 10.3 Å². The van der Waals surface area contributed by atoms with Crippen molar-refractivity contribution in [3.63, 3.8) is 0 Å². The van der Waals surface area contributed by atoms with E-state index < -0.39 is 0 Å². The van der Waals surface area contributed by atoms with Crippen LogP contribution in [0.1, 0.15) is 21.8 Å². The van der Waals surface area contributed by atoms with Crippen LogP contribution in [0.5, 0.6) is 0 Å². The summed E-state index contributed by atoms with van der Waals surface area (Å²) >= 11 is 0. The van der Waals surface area contributed by atoms with Crippen molar-refractivity contribution in [1.82, 2.24) is 15.5 Å². The summed E-state index contributed by atoms with van der Waals surface area (Å²) in [6.07, 6.45) is 1.43. The van der Waals surface area contributed by atoms with E-state index in [1.54, 1.807) is 25.1 Å². The Morgan fingerprint density at radius 1 is 1.53 bits per heavy atom. The smallest absolute Gasteiger partial charge is 0.253 e. The van der Waals surface area contributed by atoms with Gasteiger partial charge in [-0.05, 0) is 19.1 Å². The van der Waals surface area contributed by atoms with E-state index in [1.165, 1.54) is 6.20 Å². The molecule has 0 atom stereocenters. The Labute approximate surface area is 97.8 Å². The number of amides is 1. The first-order valence-electron chi connectivity index (χ1n) is 5.07. The Kier molecular flexibility index (Phi) is 3.04. The maximum absolute atomic E-state index is 11.7. The third-order valence-corrected chi connectivity index (χ3v) is 2.16. The standard InChI is InChI=1S/C11H12N4O2/c1-7-4-9(15-17-7)6-14-11(16)8-2-3-10(12)13-5-8/h2-5H,6H2,1H3,(H2,12,13)(H,14,16). The Bertz CT molecular complexity index is 519. The molecule has 0 aromatic carbocycles. The SMILES string of the molecule is Cc1cc(CNC(=O)c2ccc(N)nc2)no1. The van der Waals surface area contributed by atoms with Gasteiger partial charge < -0.3 is 15.6 Å². The molecule has 2 aromatic rings. The quantitative estimate of drug-likeness (QED) is 0.819. The molecule has 0 aliphatic rings. The predicted molar refractivity (Wildman–Crippen MR) is 61.1 cm³/mol. The fraction of sp³-hybridized carbons (Fsp3) is 0.182. The van der Waals surface area contributed by atoms with Gasteiger partial charge in [-0.15, -0.1) is 0 Å². The average Bonchev–Trinajstić information content (AvgIpc) is 2.73. The lowest BCUT2D eigenvalue weighted by Crippen LogP contribution is -2.23. The molecule has 0 unspecified atom stereocenters. The molecule has 0 aliphatic carbocycles. The molecule has 2 aromatic heterocycles. The van der Waals surface area contributed by atoms with Crippen LogP contribution in [-0.4, -0.2) is 16.0 Å². The Morgan fingerprint density at radius 2 is 2.35 bits per heavy atom. The molecular weight excluding hydrogens is 220 g/mol. The summed E-state index contributed by atoms with van der Waals surface area (Å²) in [5.41, 5.74) is 6.57. The van der Waals surface area contributed by atoms with Crippen LogP contribution >= 0.6 is 0 Å². The summed E-state index contributed by atoms with van der Waals surface area (Å²) in [7, 11) is 0. The van der Waals surface area contributed by atoms with Crippen molar-refractivity contribution in [2.24, 2.45) is 0 Å². The zero-order chi connectivity index (χ0) is 12.3. The Balaban J connectivity index is 1.95. The number of rotatable bonds is 3. The Morgan fingerprint density at radius 3 is 2.94 bits per heavy atom. The zero-order valence-electron chi connectivity index (χ0n) is 9.30. The second kappa shape index (κ2) is 4.65. The molecule has 17 heavy (non-hydrogen) atoms. The van der Waals surface area contributed by atoms with Gasteiger partial charge in [0.05, 0.1) is 12.1 Å².